The summed E-state index contributed by atoms with van der Waals surface area (Å²) in [7, 11) is 0. The smallest absolute Gasteiger partial charge is 0.159 e. The van der Waals surface area contributed by atoms with Gasteiger partial charge in [-0.2, -0.15) is 0 Å². The topological polar surface area (TPSA) is 43.3 Å². The second-order valence-electron chi connectivity index (χ2n) is 2.12. The maximum atomic E-state index is 5.62. The van der Waals surface area contributed by atoms with Crippen molar-refractivity contribution in [3.05, 3.63) is 30.7 Å². The van der Waals surface area contributed by atoms with E-state index in [0.717, 1.165) is 5.65 Å². The van der Waals surface area contributed by atoms with Crippen molar-refractivity contribution < 1.29 is 0 Å². The lowest BCUT2D eigenvalue weighted by Gasteiger charge is -1.94. The predicted molar refractivity (Wildman–Crippen MR) is 46.9 cm³/mol. The fourth-order valence-corrected chi connectivity index (χ4v) is 0.971. The van der Waals surface area contributed by atoms with Crippen LogP contribution in [0.5, 0.6) is 0 Å². The minimum absolute atomic E-state index is 0. The highest BCUT2D eigenvalue weighted by Crippen LogP contribution is 2.08. The fourth-order valence-electron chi connectivity index (χ4n) is 0.971. The van der Waals surface area contributed by atoms with E-state index in [9.17, 15) is 0 Å². The van der Waals surface area contributed by atoms with E-state index in [-0.39, 0.29) is 12.4 Å². The van der Waals surface area contributed by atoms with Gasteiger partial charge in [0, 0.05) is 18.6 Å². The van der Waals surface area contributed by atoms with Gasteiger partial charge < -0.3 is 10.1 Å². The van der Waals surface area contributed by atoms with Gasteiger partial charge >= 0.3 is 0 Å². The van der Waals surface area contributed by atoms with Crippen LogP contribution in [0.4, 0.5) is 5.69 Å². The van der Waals surface area contributed by atoms with E-state index in [4.69, 9.17) is 5.73 Å². The molecule has 58 valence electrons. The standard InChI is InChI=1S/C7H7N3.ClH/c8-6-2-1-4-10-5-3-9-7(6)10;/h1-5H,8H2;1H. The molecule has 0 saturated carbocycles. The van der Waals surface area contributed by atoms with Crippen molar-refractivity contribution >= 4 is 23.7 Å². The average molecular weight is 170 g/mol. The lowest BCUT2D eigenvalue weighted by Crippen LogP contribution is -1.90. The first-order chi connectivity index (χ1) is 4.88. The molecule has 3 nitrogen and oxygen atoms in total. The minimum Gasteiger partial charge on any atom is -0.396 e. The third-order valence-electron chi connectivity index (χ3n) is 1.45. The number of aromatic nitrogens is 2. The quantitative estimate of drug-likeness (QED) is 0.647. The van der Waals surface area contributed by atoms with Gasteiger partial charge in [0.05, 0.1) is 5.69 Å². The Hall–Kier alpha value is -1.22. The second kappa shape index (κ2) is 2.80. The van der Waals surface area contributed by atoms with Crippen LogP contribution < -0.4 is 5.73 Å². The number of nitrogens with zero attached hydrogens (tertiary/aromatic N) is 2. The van der Waals surface area contributed by atoms with Gasteiger partial charge in [0.15, 0.2) is 5.65 Å². The van der Waals surface area contributed by atoms with E-state index in [2.05, 4.69) is 4.98 Å². The van der Waals surface area contributed by atoms with Crippen LogP contribution in [0, 0.1) is 0 Å². The van der Waals surface area contributed by atoms with Crippen molar-refractivity contribution in [2.24, 2.45) is 0 Å². The monoisotopic (exact) mass is 169 g/mol. The fraction of sp³-hybridized carbons (Fsp3) is 0. The highest BCUT2D eigenvalue weighted by atomic mass is 35.5. The van der Waals surface area contributed by atoms with Gasteiger partial charge in [0.1, 0.15) is 0 Å². The SMILES string of the molecule is Cl.Nc1cccn2ccnc12. The molecule has 0 aliphatic heterocycles. The van der Waals surface area contributed by atoms with Crippen molar-refractivity contribution in [3.8, 4) is 0 Å². The molecule has 2 N–H and O–H groups in total. The highest BCUT2D eigenvalue weighted by molar-refractivity contribution is 5.85. The minimum atomic E-state index is 0. The van der Waals surface area contributed by atoms with E-state index >= 15 is 0 Å². The summed E-state index contributed by atoms with van der Waals surface area (Å²) in [6.45, 7) is 0. The summed E-state index contributed by atoms with van der Waals surface area (Å²) >= 11 is 0. The molecule has 0 radical (unpaired) electrons. The molecule has 0 aliphatic carbocycles. The lowest BCUT2D eigenvalue weighted by atomic mass is 10.4. The molecule has 0 atom stereocenters. The number of pyridine rings is 1. The van der Waals surface area contributed by atoms with Crippen LogP contribution in [0.2, 0.25) is 0 Å². The Morgan fingerprint density at radius 2 is 2.18 bits per heavy atom. The summed E-state index contributed by atoms with van der Waals surface area (Å²) in [5.41, 5.74) is 7.15. The Kier molecular flexibility index (Phi) is 2.01. The zero-order chi connectivity index (χ0) is 6.97. The van der Waals surface area contributed by atoms with Crippen LogP contribution in [-0.4, -0.2) is 9.38 Å². The Bertz CT molecular complexity index is 355. The summed E-state index contributed by atoms with van der Waals surface area (Å²) < 4.78 is 1.88. The average Bonchev–Trinajstić information content (AvgIpc) is 2.36. The first-order valence-electron chi connectivity index (χ1n) is 3.05. The normalized spacial score (nSPS) is 9.45. The van der Waals surface area contributed by atoms with Gasteiger partial charge in [-0.25, -0.2) is 4.98 Å². The first-order valence-corrected chi connectivity index (χ1v) is 3.05. The number of nitrogens with two attached hydrogens (primary N) is 1. The molecule has 2 aromatic heterocycles. The van der Waals surface area contributed by atoms with Crippen LogP contribution in [0.15, 0.2) is 30.7 Å². The molecule has 0 fully saturated rings. The maximum Gasteiger partial charge on any atom is 0.159 e. The van der Waals surface area contributed by atoms with Crippen molar-refractivity contribution in [1.82, 2.24) is 9.38 Å². The Labute approximate surface area is 70.3 Å². The number of rotatable bonds is 0. The number of hydrogen-bond acceptors (Lipinski definition) is 2. The summed E-state index contributed by atoms with van der Waals surface area (Å²) in [5.74, 6) is 0. The van der Waals surface area contributed by atoms with Gasteiger partial charge in [-0.1, -0.05) is 0 Å². The number of fused-ring (bicyclic) bond motifs is 1. The third-order valence-corrected chi connectivity index (χ3v) is 1.45. The summed E-state index contributed by atoms with van der Waals surface area (Å²) in [6.07, 6.45) is 5.51. The van der Waals surface area contributed by atoms with Gasteiger partial charge in [-0.3, -0.25) is 0 Å². The number of anilines is 1. The van der Waals surface area contributed by atoms with Crippen LogP contribution in [-0.2, 0) is 0 Å². The molecule has 0 bridgehead atoms. The molecular formula is C7H8ClN3. The molecule has 2 rings (SSSR count). The van der Waals surface area contributed by atoms with E-state index in [1.807, 2.05) is 28.9 Å². The molecule has 0 amide bonds. The molecule has 11 heavy (non-hydrogen) atoms. The van der Waals surface area contributed by atoms with Crippen LogP contribution in [0.25, 0.3) is 5.65 Å². The number of nitrogen functional groups attached to an aromatic ring is 1. The Morgan fingerprint density at radius 1 is 1.36 bits per heavy atom. The molecule has 4 heteroatoms. The largest absolute Gasteiger partial charge is 0.396 e. The zero-order valence-corrected chi connectivity index (χ0v) is 6.58. The van der Waals surface area contributed by atoms with E-state index in [1.165, 1.54) is 0 Å². The third kappa shape index (κ3) is 1.14. The van der Waals surface area contributed by atoms with Crippen LogP contribution in [0.3, 0.4) is 0 Å². The molecule has 0 aliphatic rings. The lowest BCUT2D eigenvalue weighted by molar-refractivity contribution is 1.19. The summed E-state index contributed by atoms with van der Waals surface area (Å²) in [6, 6.07) is 3.73. The number of hydrogen-bond donors (Lipinski definition) is 1. The molecule has 0 unspecified atom stereocenters. The van der Waals surface area contributed by atoms with Crippen molar-refractivity contribution in [1.29, 1.82) is 0 Å². The molecule has 2 aromatic rings. The molecule has 0 saturated heterocycles. The summed E-state index contributed by atoms with van der Waals surface area (Å²) in [5, 5.41) is 0. The maximum absolute atomic E-state index is 5.62. The Balaban J connectivity index is 0.000000605. The van der Waals surface area contributed by atoms with Crippen molar-refractivity contribution in [2.75, 3.05) is 5.73 Å². The summed E-state index contributed by atoms with van der Waals surface area (Å²) in [4.78, 5) is 4.06. The molecular weight excluding hydrogens is 162 g/mol. The number of imidazole rings is 1. The van der Waals surface area contributed by atoms with E-state index in [1.54, 1.807) is 6.20 Å². The number of halogens is 1. The van der Waals surface area contributed by atoms with Crippen LogP contribution >= 0.6 is 12.4 Å². The molecule has 2 heterocycles. The molecule has 0 spiro atoms. The second-order valence-corrected chi connectivity index (χ2v) is 2.12. The first kappa shape index (κ1) is 7.88. The van der Waals surface area contributed by atoms with Crippen molar-refractivity contribution in [2.45, 2.75) is 0 Å². The van der Waals surface area contributed by atoms with Gasteiger partial charge in [-0.15, -0.1) is 12.4 Å². The van der Waals surface area contributed by atoms with E-state index < -0.39 is 0 Å². The van der Waals surface area contributed by atoms with Gasteiger partial charge in [0.25, 0.3) is 0 Å². The van der Waals surface area contributed by atoms with Gasteiger partial charge in [-0.05, 0) is 12.1 Å². The molecule has 0 aromatic carbocycles. The van der Waals surface area contributed by atoms with E-state index in [0.29, 0.717) is 5.69 Å². The highest BCUT2D eigenvalue weighted by Gasteiger charge is 1.94. The Morgan fingerprint density at radius 3 is 2.91 bits per heavy atom. The van der Waals surface area contributed by atoms with Crippen LogP contribution in [0.1, 0.15) is 0 Å². The van der Waals surface area contributed by atoms with Gasteiger partial charge in [0.2, 0.25) is 0 Å². The zero-order valence-electron chi connectivity index (χ0n) is 5.77. The predicted octanol–water partition coefficient (Wildman–Crippen LogP) is 1.34. The van der Waals surface area contributed by atoms with Crippen molar-refractivity contribution in [3.63, 3.8) is 0 Å².